The first-order valence-corrected chi connectivity index (χ1v) is 7.20. The van der Waals surface area contributed by atoms with Crippen molar-refractivity contribution in [3.63, 3.8) is 0 Å². The number of para-hydroxylation sites is 1. The van der Waals surface area contributed by atoms with Crippen molar-refractivity contribution in [2.45, 2.75) is 12.6 Å². The number of aliphatic hydroxyl groups is 1. The van der Waals surface area contributed by atoms with Gasteiger partial charge in [-0.3, -0.25) is 4.98 Å². The Morgan fingerprint density at radius 1 is 1.20 bits per heavy atom. The standard InChI is InChI=1S/C15H17BrN2O2/c16-14-3-1-2-4-15(14)20-11-13(19)10-18-9-12-5-7-17-8-6-12/h1-8,13,18-19H,9-11H2. The largest absolute Gasteiger partial charge is 0.490 e. The lowest BCUT2D eigenvalue weighted by Gasteiger charge is -2.14. The molecule has 4 nitrogen and oxygen atoms in total. The second-order valence-corrected chi connectivity index (χ2v) is 5.24. The lowest BCUT2D eigenvalue weighted by molar-refractivity contribution is 0.106. The molecule has 2 aromatic rings. The van der Waals surface area contributed by atoms with E-state index in [0.29, 0.717) is 13.1 Å². The van der Waals surface area contributed by atoms with Crippen molar-refractivity contribution in [3.8, 4) is 5.75 Å². The van der Waals surface area contributed by atoms with Gasteiger partial charge in [0.2, 0.25) is 0 Å². The van der Waals surface area contributed by atoms with Crippen LogP contribution in [0.5, 0.6) is 5.75 Å². The summed E-state index contributed by atoms with van der Waals surface area (Å²) in [5.41, 5.74) is 1.14. The van der Waals surface area contributed by atoms with Gasteiger partial charge in [0.25, 0.3) is 0 Å². The molecule has 0 aliphatic carbocycles. The molecule has 106 valence electrons. The Hall–Kier alpha value is -1.43. The van der Waals surface area contributed by atoms with Crippen LogP contribution in [0, 0.1) is 0 Å². The van der Waals surface area contributed by atoms with E-state index in [2.05, 4.69) is 26.2 Å². The Bertz CT molecular complexity index is 522. The van der Waals surface area contributed by atoms with E-state index < -0.39 is 6.10 Å². The van der Waals surface area contributed by atoms with Gasteiger partial charge in [0.15, 0.2) is 0 Å². The number of hydrogen-bond donors (Lipinski definition) is 2. The minimum atomic E-state index is -0.552. The molecule has 2 N–H and O–H groups in total. The molecule has 1 atom stereocenters. The maximum atomic E-state index is 9.86. The molecule has 0 radical (unpaired) electrons. The van der Waals surface area contributed by atoms with Crippen LogP contribution in [0.2, 0.25) is 0 Å². The van der Waals surface area contributed by atoms with Gasteiger partial charge in [0.1, 0.15) is 18.5 Å². The molecule has 0 aliphatic rings. The number of pyridine rings is 1. The highest BCUT2D eigenvalue weighted by Gasteiger charge is 2.06. The molecule has 5 heteroatoms. The van der Waals surface area contributed by atoms with Crippen molar-refractivity contribution in [2.75, 3.05) is 13.2 Å². The average Bonchev–Trinajstić information content (AvgIpc) is 2.47. The van der Waals surface area contributed by atoms with Crippen LogP contribution in [0.25, 0.3) is 0 Å². The monoisotopic (exact) mass is 336 g/mol. The Balaban J connectivity index is 1.68. The van der Waals surface area contributed by atoms with E-state index in [1.165, 1.54) is 0 Å². The minimum Gasteiger partial charge on any atom is -0.490 e. The molecule has 0 fully saturated rings. The molecule has 0 saturated carbocycles. The fraction of sp³-hybridized carbons (Fsp3) is 0.267. The van der Waals surface area contributed by atoms with Crippen molar-refractivity contribution >= 4 is 15.9 Å². The van der Waals surface area contributed by atoms with E-state index in [4.69, 9.17) is 4.74 Å². The van der Waals surface area contributed by atoms with Crippen LogP contribution in [0.4, 0.5) is 0 Å². The van der Waals surface area contributed by atoms with E-state index in [0.717, 1.165) is 15.8 Å². The van der Waals surface area contributed by atoms with E-state index >= 15 is 0 Å². The van der Waals surface area contributed by atoms with Gasteiger partial charge >= 0.3 is 0 Å². The summed E-state index contributed by atoms with van der Waals surface area (Å²) in [5.74, 6) is 0.737. The second kappa shape index (κ2) is 7.99. The summed E-state index contributed by atoms with van der Waals surface area (Å²) in [4.78, 5) is 3.96. The molecule has 0 spiro atoms. The Morgan fingerprint density at radius 3 is 2.70 bits per heavy atom. The lowest BCUT2D eigenvalue weighted by atomic mass is 10.2. The van der Waals surface area contributed by atoms with Crippen LogP contribution < -0.4 is 10.1 Å². The number of nitrogens with zero attached hydrogens (tertiary/aromatic N) is 1. The number of nitrogens with one attached hydrogen (secondary N) is 1. The van der Waals surface area contributed by atoms with Crippen molar-refractivity contribution < 1.29 is 9.84 Å². The predicted molar refractivity (Wildman–Crippen MR) is 81.6 cm³/mol. The predicted octanol–water partition coefficient (Wildman–Crippen LogP) is 2.37. The van der Waals surface area contributed by atoms with Crippen LogP contribution in [0.15, 0.2) is 53.3 Å². The molecule has 0 saturated heterocycles. The quantitative estimate of drug-likeness (QED) is 0.815. The third-order valence-electron chi connectivity index (χ3n) is 2.73. The Morgan fingerprint density at radius 2 is 1.95 bits per heavy atom. The van der Waals surface area contributed by atoms with Crippen LogP contribution in [-0.4, -0.2) is 29.3 Å². The van der Waals surface area contributed by atoms with Gasteiger partial charge in [-0.1, -0.05) is 12.1 Å². The van der Waals surface area contributed by atoms with Gasteiger partial charge in [0.05, 0.1) is 4.47 Å². The number of halogens is 1. The van der Waals surface area contributed by atoms with Crippen molar-refractivity contribution in [2.24, 2.45) is 0 Å². The highest BCUT2D eigenvalue weighted by Crippen LogP contribution is 2.23. The van der Waals surface area contributed by atoms with Crippen molar-refractivity contribution in [3.05, 3.63) is 58.8 Å². The normalized spacial score (nSPS) is 12.1. The van der Waals surface area contributed by atoms with Crippen LogP contribution in [-0.2, 0) is 6.54 Å². The Labute approximate surface area is 126 Å². The SMILES string of the molecule is OC(CNCc1ccncc1)COc1ccccc1Br. The molecule has 1 heterocycles. The summed E-state index contributed by atoms with van der Waals surface area (Å²) in [6, 6.07) is 11.5. The fourth-order valence-electron chi connectivity index (χ4n) is 1.69. The molecule has 0 amide bonds. The number of aliphatic hydroxyl groups excluding tert-OH is 1. The van der Waals surface area contributed by atoms with Gasteiger partial charge in [0, 0.05) is 25.5 Å². The molecule has 0 bridgehead atoms. The smallest absolute Gasteiger partial charge is 0.133 e. The zero-order valence-electron chi connectivity index (χ0n) is 11.0. The van der Waals surface area contributed by atoms with E-state index in [9.17, 15) is 5.11 Å². The number of ether oxygens (including phenoxy) is 1. The first kappa shape index (κ1) is 15.0. The topological polar surface area (TPSA) is 54.4 Å². The molecule has 1 aromatic carbocycles. The molecular weight excluding hydrogens is 320 g/mol. The molecular formula is C15H17BrN2O2. The van der Waals surface area contributed by atoms with Gasteiger partial charge in [-0.05, 0) is 45.8 Å². The summed E-state index contributed by atoms with van der Waals surface area (Å²) >= 11 is 3.40. The third-order valence-corrected chi connectivity index (χ3v) is 3.38. The summed E-state index contributed by atoms with van der Waals surface area (Å²) < 4.78 is 6.44. The third kappa shape index (κ3) is 4.92. The van der Waals surface area contributed by atoms with Gasteiger partial charge in [-0.15, -0.1) is 0 Å². The molecule has 20 heavy (non-hydrogen) atoms. The number of benzene rings is 1. The van der Waals surface area contributed by atoms with Crippen molar-refractivity contribution in [1.29, 1.82) is 0 Å². The average molecular weight is 337 g/mol. The summed E-state index contributed by atoms with van der Waals surface area (Å²) in [6.07, 6.45) is 2.96. The maximum Gasteiger partial charge on any atom is 0.133 e. The lowest BCUT2D eigenvalue weighted by Crippen LogP contribution is -2.31. The molecule has 1 aromatic heterocycles. The molecule has 1 unspecified atom stereocenters. The summed E-state index contributed by atoms with van der Waals surface area (Å²) in [7, 11) is 0. The molecule has 0 aliphatic heterocycles. The summed E-state index contributed by atoms with van der Waals surface area (Å²) in [5, 5.41) is 13.0. The first-order chi connectivity index (χ1) is 9.75. The number of hydrogen-bond acceptors (Lipinski definition) is 4. The van der Waals surface area contributed by atoms with Crippen molar-refractivity contribution in [1.82, 2.24) is 10.3 Å². The van der Waals surface area contributed by atoms with Gasteiger partial charge in [-0.2, -0.15) is 0 Å². The fourth-order valence-corrected chi connectivity index (χ4v) is 2.09. The van der Waals surface area contributed by atoms with Crippen LogP contribution in [0.1, 0.15) is 5.56 Å². The highest BCUT2D eigenvalue weighted by molar-refractivity contribution is 9.10. The summed E-state index contributed by atoms with van der Waals surface area (Å²) in [6.45, 7) is 1.44. The van der Waals surface area contributed by atoms with Crippen LogP contribution in [0.3, 0.4) is 0 Å². The number of aromatic nitrogens is 1. The first-order valence-electron chi connectivity index (χ1n) is 6.40. The van der Waals surface area contributed by atoms with E-state index in [-0.39, 0.29) is 6.61 Å². The van der Waals surface area contributed by atoms with Gasteiger partial charge < -0.3 is 15.2 Å². The minimum absolute atomic E-state index is 0.256. The van der Waals surface area contributed by atoms with Gasteiger partial charge in [-0.25, -0.2) is 0 Å². The zero-order valence-corrected chi connectivity index (χ0v) is 12.6. The van der Waals surface area contributed by atoms with Crippen LogP contribution >= 0.6 is 15.9 Å². The molecule has 2 rings (SSSR count). The zero-order chi connectivity index (χ0) is 14.2. The second-order valence-electron chi connectivity index (χ2n) is 4.38. The Kier molecular flexibility index (Phi) is 5.98. The number of rotatable bonds is 7. The highest BCUT2D eigenvalue weighted by atomic mass is 79.9. The van der Waals surface area contributed by atoms with E-state index in [1.54, 1.807) is 12.4 Å². The maximum absolute atomic E-state index is 9.86. The van der Waals surface area contributed by atoms with E-state index in [1.807, 2.05) is 36.4 Å².